The van der Waals surface area contributed by atoms with Gasteiger partial charge in [-0.15, -0.1) is 0 Å². The Morgan fingerprint density at radius 2 is 1.38 bits per heavy atom. The average molecular weight is 474 g/mol. The summed E-state index contributed by atoms with van der Waals surface area (Å²) in [5.74, 6) is -0.329. The van der Waals surface area contributed by atoms with Crippen LogP contribution in [0.2, 0.25) is 0 Å². The summed E-state index contributed by atoms with van der Waals surface area (Å²) < 4.78 is 10.4. The van der Waals surface area contributed by atoms with E-state index in [9.17, 15) is 24.9 Å². The van der Waals surface area contributed by atoms with E-state index in [1.165, 1.54) is 12.1 Å². The molecule has 0 bridgehead atoms. The molecule has 0 saturated carbocycles. The molecule has 2 aromatic rings. The van der Waals surface area contributed by atoms with E-state index in [4.69, 9.17) is 9.47 Å². The lowest BCUT2D eigenvalue weighted by atomic mass is 10.1. The van der Waals surface area contributed by atoms with Crippen molar-refractivity contribution in [3.63, 3.8) is 0 Å². The summed E-state index contributed by atoms with van der Waals surface area (Å²) in [6, 6.07) is 9.96. The van der Waals surface area contributed by atoms with Crippen LogP contribution in [0.15, 0.2) is 36.4 Å². The number of unbranched alkanes of at least 4 members (excludes halogenated alkanes) is 4. The van der Waals surface area contributed by atoms with Gasteiger partial charge in [-0.1, -0.05) is 37.5 Å². The minimum Gasteiger partial charge on any atom is -0.508 e. The van der Waals surface area contributed by atoms with E-state index in [-0.39, 0.29) is 29.8 Å². The molecule has 8 heteroatoms. The lowest BCUT2D eigenvalue weighted by Gasteiger charge is -2.08. The number of aromatic hydroxyl groups is 3. The Morgan fingerprint density at radius 3 is 2.09 bits per heavy atom. The highest BCUT2D eigenvalue weighted by atomic mass is 16.5. The quantitative estimate of drug-likeness (QED) is 0.181. The largest absolute Gasteiger partial charge is 0.508 e. The average Bonchev–Trinajstić information content (AvgIpc) is 2.80. The van der Waals surface area contributed by atoms with E-state index in [0.717, 1.165) is 48.8 Å². The van der Waals surface area contributed by atoms with Gasteiger partial charge < -0.3 is 30.1 Å². The van der Waals surface area contributed by atoms with Crippen LogP contribution in [0.3, 0.4) is 0 Å². The summed E-state index contributed by atoms with van der Waals surface area (Å²) in [5, 5.41) is 31.1. The Labute approximate surface area is 200 Å². The van der Waals surface area contributed by atoms with E-state index in [1.54, 1.807) is 12.1 Å². The first-order chi connectivity index (χ1) is 16.3. The zero-order valence-electron chi connectivity index (χ0n) is 19.7. The number of alkyl carbamates (subject to hydrolysis) is 1. The highest BCUT2D eigenvalue weighted by Crippen LogP contribution is 2.25. The lowest BCUT2D eigenvalue weighted by molar-refractivity contribution is -0.143. The fourth-order valence-corrected chi connectivity index (χ4v) is 3.32. The molecule has 0 spiro atoms. The van der Waals surface area contributed by atoms with E-state index in [0.29, 0.717) is 32.4 Å². The van der Waals surface area contributed by atoms with E-state index in [1.807, 2.05) is 19.1 Å². The molecular weight excluding hydrogens is 438 g/mol. The highest BCUT2D eigenvalue weighted by molar-refractivity contribution is 5.69. The maximum absolute atomic E-state index is 11.8. The van der Waals surface area contributed by atoms with E-state index in [2.05, 4.69) is 5.32 Å². The standard InChI is InChI=1S/C26H35NO7/c1-19-8-9-20(17-23(19)29)12-15-33-25(31)7-5-3-2-4-6-14-27-26(32)34-16-13-21-10-11-22(28)24(30)18-21/h8-11,17-18,28-30H,2-7,12-16H2,1H3,(H,27,32). The Bertz CT molecular complexity index is 854. The number of phenols is 3. The molecule has 0 aliphatic rings. The molecule has 0 aromatic heterocycles. The number of nitrogens with one attached hydrogen (secondary N) is 1. The highest BCUT2D eigenvalue weighted by Gasteiger charge is 2.06. The third-order valence-electron chi connectivity index (χ3n) is 5.42. The number of hydrogen-bond donors (Lipinski definition) is 4. The molecular formula is C26H35NO7. The number of hydrogen-bond acceptors (Lipinski definition) is 7. The molecule has 8 nitrogen and oxygen atoms in total. The first-order valence-corrected chi connectivity index (χ1v) is 11.7. The third kappa shape index (κ3) is 10.5. The Kier molecular flexibility index (Phi) is 11.6. The van der Waals surface area contributed by atoms with Crippen LogP contribution in [0.1, 0.15) is 55.2 Å². The predicted octanol–water partition coefficient (Wildman–Crippen LogP) is 4.51. The molecule has 4 N–H and O–H groups in total. The fraction of sp³-hybridized carbons (Fsp3) is 0.462. The van der Waals surface area contributed by atoms with Gasteiger partial charge in [-0.2, -0.15) is 0 Å². The van der Waals surface area contributed by atoms with Crippen molar-refractivity contribution in [1.29, 1.82) is 0 Å². The van der Waals surface area contributed by atoms with Crippen molar-refractivity contribution in [2.24, 2.45) is 0 Å². The van der Waals surface area contributed by atoms with Gasteiger partial charge in [0.25, 0.3) is 0 Å². The van der Waals surface area contributed by atoms with E-state index >= 15 is 0 Å². The third-order valence-corrected chi connectivity index (χ3v) is 5.42. The summed E-state index contributed by atoms with van der Waals surface area (Å²) in [6.45, 7) is 2.84. The van der Waals surface area contributed by atoms with Gasteiger partial charge in [0.1, 0.15) is 5.75 Å². The van der Waals surface area contributed by atoms with Crippen molar-refractivity contribution in [3.8, 4) is 17.2 Å². The van der Waals surface area contributed by atoms with Crippen molar-refractivity contribution >= 4 is 12.1 Å². The van der Waals surface area contributed by atoms with Gasteiger partial charge in [-0.3, -0.25) is 4.79 Å². The molecule has 34 heavy (non-hydrogen) atoms. The summed E-state index contributed by atoms with van der Waals surface area (Å²) >= 11 is 0. The van der Waals surface area contributed by atoms with Crippen molar-refractivity contribution in [2.75, 3.05) is 19.8 Å². The second-order valence-electron chi connectivity index (χ2n) is 8.24. The van der Waals surface area contributed by atoms with Crippen LogP contribution in [0, 0.1) is 6.92 Å². The lowest BCUT2D eigenvalue weighted by Crippen LogP contribution is -2.26. The fourth-order valence-electron chi connectivity index (χ4n) is 3.32. The normalized spacial score (nSPS) is 10.6. The number of aryl methyl sites for hydroxylation is 1. The summed E-state index contributed by atoms with van der Waals surface area (Å²) in [4.78, 5) is 23.5. The van der Waals surface area contributed by atoms with E-state index < -0.39 is 6.09 Å². The second-order valence-corrected chi connectivity index (χ2v) is 8.24. The van der Waals surface area contributed by atoms with Gasteiger partial charge >= 0.3 is 12.1 Å². The van der Waals surface area contributed by atoms with Crippen molar-refractivity contribution in [2.45, 2.75) is 58.3 Å². The molecule has 0 unspecified atom stereocenters. The Hall–Kier alpha value is -3.42. The molecule has 0 aliphatic carbocycles. The monoisotopic (exact) mass is 473 g/mol. The molecule has 0 aliphatic heterocycles. The molecule has 0 heterocycles. The van der Waals surface area contributed by atoms with Crippen LogP contribution in [0.5, 0.6) is 17.2 Å². The van der Waals surface area contributed by atoms with Crippen molar-refractivity contribution in [3.05, 3.63) is 53.1 Å². The minimum absolute atomic E-state index is 0.180. The molecule has 0 radical (unpaired) electrons. The number of benzene rings is 2. The van der Waals surface area contributed by atoms with Crippen LogP contribution >= 0.6 is 0 Å². The minimum atomic E-state index is -0.480. The van der Waals surface area contributed by atoms with Crippen LogP contribution in [0.25, 0.3) is 0 Å². The summed E-state index contributed by atoms with van der Waals surface area (Å²) in [7, 11) is 0. The van der Waals surface area contributed by atoms with Gasteiger partial charge in [0, 0.05) is 25.8 Å². The van der Waals surface area contributed by atoms with Gasteiger partial charge in [0.05, 0.1) is 13.2 Å². The van der Waals surface area contributed by atoms with Gasteiger partial charge in [0.2, 0.25) is 0 Å². The van der Waals surface area contributed by atoms with Crippen molar-refractivity contribution in [1.82, 2.24) is 5.32 Å². The van der Waals surface area contributed by atoms with Crippen molar-refractivity contribution < 1.29 is 34.4 Å². The number of rotatable bonds is 14. The molecule has 2 rings (SSSR count). The zero-order chi connectivity index (χ0) is 24.8. The number of phenolic OH excluding ortho intramolecular Hbond substituents is 3. The Morgan fingerprint density at radius 1 is 0.765 bits per heavy atom. The molecule has 0 fully saturated rings. The SMILES string of the molecule is Cc1ccc(CCOC(=O)CCCCCCCNC(=O)OCCc2ccc(O)c(O)c2)cc1O. The number of carbonyl (C=O) groups excluding carboxylic acids is 2. The number of esters is 1. The van der Waals surface area contributed by atoms with Gasteiger partial charge in [-0.25, -0.2) is 4.79 Å². The second kappa shape index (κ2) is 14.7. The topological polar surface area (TPSA) is 125 Å². The smallest absolute Gasteiger partial charge is 0.407 e. The first kappa shape index (κ1) is 26.8. The van der Waals surface area contributed by atoms with Crippen LogP contribution in [0.4, 0.5) is 4.79 Å². The van der Waals surface area contributed by atoms with Crippen LogP contribution in [-0.2, 0) is 27.1 Å². The predicted molar refractivity (Wildman–Crippen MR) is 128 cm³/mol. The molecule has 1 amide bonds. The maximum Gasteiger partial charge on any atom is 0.407 e. The first-order valence-electron chi connectivity index (χ1n) is 11.7. The molecule has 2 aromatic carbocycles. The van der Waals surface area contributed by atoms with Gasteiger partial charge in [-0.05, 0) is 54.7 Å². The number of carbonyl (C=O) groups is 2. The summed E-state index contributed by atoms with van der Waals surface area (Å²) in [6.07, 6.45) is 5.37. The van der Waals surface area contributed by atoms with Crippen LogP contribution in [-0.4, -0.2) is 47.1 Å². The van der Waals surface area contributed by atoms with Crippen LogP contribution < -0.4 is 5.32 Å². The maximum atomic E-state index is 11.8. The summed E-state index contributed by atoms with van der Waals surface area (Å²) in [5.41, 5.74) is 2.52. The van der Waals surface area contributed by atoms with Gasteiger partial charge in [0.15, 0.2) is 11.5 Å². The molecule has 186 valence electrons. The zero-order valence-corrected chi connectivity index (χ0v) is 19.7. The number of amides is 1. The Balaban J connectivity index is 1.41. The molecule has 0 atom stereocenters. The number of ether oxygens (including phenoxy) is 2. The molecule has 0 saturated heterocycles.